The van der Waals surface area contributed by atoms with Crippen molar-refractivity contribution in [2.24, 2.45) is 0 Å². The van der Waals surface area contributed by atoms with Crippen LogP contribution < -0.4 is 14.4 Å². The number of ether oxygens (including phenoxy) is 6. The van der Waals surface area contributed by atoms with Crippen molar-refractivity contribution in [1.29, 1.82) is 0 Å². The molecule has 15 nitrogen and oxygen atoms in total. The molecule has 1 amide bonds. The maximum atomic E-state index is 16.3. The second-order valence-electron chi connectivity index (χ2n) is 23.0. The van der Waals surface area contributed by atoms with Crippen LogP contribution >= 0.6 is 7.82 Å². The average molecular weight is 1230 g/mol. The third kappa shape index (κ3) is 32.5. The van der Waals surface area contributed by atoms with Crippen molar-refractivity contribution in [3.05, 3.63) is 96.6 Å². The Labute approximate surface area is 514 Å². The summed E-state index contributed by atoms with van der Waals surface area (Å²) in [4.78, 5) is 39.7. The van der Waals surface area contributed by atoms with Gasteiger partial charge >= 0.3 is 25.9 Å². The molecule has 1 aliphatic heterocycles. The highest BCUT2D eigenvalue weighted by atomic mass is 31.2. The molecule has 1 saturated heterocycles. The van der Waals surface area contributed by atoms with E-state index in [2.05, 4.69) is 26.1 Å². The van der Waals surface area contributed by atoms with Crippen LogP contribution in [0.4, 0.5) is 13.6 Å². The van der Waals surface area contributed by atoms with Crippen molar-refractivity contribution in [3.63, 3.8) is 0 Å². The molecule has 0 unspecified atom stereocenters. The van der Waals surface area contributed by atoms with Gasteiger partial charge in [-0.15, -0.1) is 0 Å². The van der Waals surface area contributed by atoms with Gasteiger partial charge in [-0.1, -0.05) is 261 Å². The summed E-state index contributed by atoms with van der Waals surface area (Å²) in [5.74, 6) is -6.90. The number of hydrogen-bond acceptors (Lipinski definition) is 13. The smallest absolute Gasteiger partial charge is 0.480 e. The van der Waals surface area contributed by atoms with E-state index in [0.29, 0.717) is 31.4 Å². The molecular formula is C68H106F2NO14P. The highest BCUT2D eigenvalue weighted by Crippen LogP contribution is 2.52. The number of benzene rings is 3. The zero-order valence-corrected chi connectivity index (χ0v) is 53.1. The Hall–Kier alpha value is -4.64. The molecule has 1 fully saturated rings. The third-order valence-electron chi connectivity index (χ3n) is 15.5. The summed E-state index contributed by atoms with van der Waals surface area (Å²) in [5.41, 5.74) is 0.666. The van der Waals surface area contributed by atoms with Crippen molar-refractivity contribution < 1.29 is 74.8 Å². The molecule has 86 heavy (non-hydrogen) atoms. The largest absolute Gasteiger partial charge is 0.588 e. The molecule has 0 aliphatic carbocycles. The van der Waals surface area contributed by atoms with Crippen LogP contribution in [-0.4, -0.2) is 92.2 Å². The maximum absolute atomic E-state index is 16.3. The molecule has 0 bridgehead atoms. The van der Waals surface area contributed by atoms with Crippen molar-refractivity contribution in [1.82, 2.24) is 5.32 Å². The number of aliphatic carboxylic acids is 1. The number of para-hydroxylation sites is 2. The van der Waals surface area contributed by atoms with Crippen LogP contribution in [-0.2, 0) is 53.7 Å². The van der Waals surface area contributed by atoms with Gasteiger partial charge in [0.05, 0.1) is 6.10 Å². The van der Waals surface area contributed by atoms with Crippen LogP contribution in [0.2, 0.25) is 0 Å². The molecule has 2 N–H and O–H groups in total. The van der Waals surface area contributed by atoms with Crippen molar-refractivity contribution in [2.75, 3.05) is 26.4 Å². The summed E-state index contributed by atoms with van der Waals surface area (Å²) in [6.45, 7) is 5.13. The molecule has 486 valence electrons. The summed E-state index contributed by atoms with van der Waals surface area (Å²) >= 11 is 0. The first-order valence-electron chi connectivity index (χ1n) is 32.9. The van der Waals surface area contributed by atoms with E-state index < -0.39 is 82.1 Å². The fraction of sp³-hybridized carbons (Fsp3) is 0.691. The van der Waals surface area contributed by atoms with E-state index in [1.54, 1.807) is 60.7 Å². The lowest BCUT2D eigenvalue weighted by Gasteiger charge is -2.46. The van der Waals surface area contributed by atoms with E-state index >= 15 is 13.3 Å². The molecule has 0 saturated carbocycles. The Balaban J connectivity index is 1.69. The minimum Gasteiger partial charge on any atom is -0.480 e. The van der Waals surface area contributed by atoms with E-state index in [4.69, 9.17) is 42.0 Å². The molecule has 0 spiro atoms. The Bertz CT molecular complexity index is 2190. The molecular weight excluding hydrogens is 1120 g/mol. The monoisotopic (exact) mass is 1230 g/mol. The van der Waals surface area contributed by atoms with Gasteiger partial charge in [-0.2, -0.15) is 8.78 Å². The first-order valence-corrected chi connectivity index (χ1v) is 34.3. The summed E-state index contributed by atoms with van der Waals surface area (Å²) in [6.07, 6.45) is 23.0. The number of halogens is 2. The fourth-order valence-corrected chi connectivity index (χ4v) is 12.0. The number of carbonyl (C=O) groups excluding carboxylic acids is 2. The molecule has 6 atom stereocenters. The van der Waals surface area contributed by atoms with Crippen LogP contribution in [0.3, 0.4) is 0 Å². The minimum absolute atomic E-state index is 0.0660. The Morgan fingerprint density at radius 2 is 1.03 bits per heavy atom. The minimum atomic E-state index is -4.96. The quantitative estimate of drug-likeness (QED) is 0.0309. The van der Waals surface area contributed by atoms with Gasteiger partial charge in [0.25, 0.3) is 5.91 Å². The predicted molar refractivity (Wildman–Crippen MR) is 333 cm³/mol. The lowest BCUT2D eigenvalue weighted by atomic mass is 9.95. The molecule has 1 aliphatic rings. The number of carbonyl (C=O) groups is 3. The number of carboxylic acid groups (broad SMARTS) is 1. The molecule has 1 heterocycles. The number of alkyl halides is 2. The number of unbranched alkanes of at least 4 members (excludes halogenated alkanes) is 26. The summed E-state index contributed by atoms with van der Waals surface area (Å²) in [7, 11) is -4.96. The van der Waals surface area contributed by atoms with Crippen molar-refractivity contribution in [3.8, 4) is 11.5 Å². The number of phosphoric acid groups is 1. The number of carboxylic acids is 1. The van der Waals surface area contributed by atoms with E-state index in [1.807, 2.05) is 6.07 Å². The maximum Gasteiger partial charge on any atom is 0.588 e. The summed E-state index contributed by atoms with van der Waals surface area (Å²) < 4.78 is 103. The SMILES string of the molecule is CCCCCCCCCCCCO[C@H](CCCCCCCCCCC)CCO[C@@H]1[C@@H](NC(=O)C(F)(F)CCCCCCCCCCCC)[C@@H](OCC(=O)O)O[C@H](COC(=O)OCc2ccccc2)[C@H]1OP(=O)(Oc1ccccc1)Oc1ccccc1. The number of phosphoric ester groups is 1. The van der Waals surface area contributed by atoms with Crippen molar-refractivity contribution in [2.45, 2.75) is 276 Å². The lowest BCUT2D eigenvalue weighted by molar-refractivity contribution is -0.275. The average Bonchev–Trinajstić information content (AvgIpc) is 1.95. The lowest BCUT2D eigenvalue weighted by Crippen LogP contribution is -2.67. The first-order chi connectivity index (χ1) is 41.9. The van der Waals surface area contributed by atoms with E-state index in [9.17, 15) is 19.5 Å². The molecule has 0 aromatic heterocycles. The molecule has 18 heteroatoms. The second kappa shape index (κ2) is 45.6. The first kappa shape index (κ1) is 73.8. The van der Waals surface area contributed by atoms with Gasteiger partial charge in [0.15, 0.2) is 6.29 Å². The fourth-order valence-electron chi connectivity index (χ4n) is 10.5. The van der Waals surface area contributed by atoms with E-state index in [1.165, 1.54) is 114 Å². The third-order valence-corrected chi connectivity index (χ3v) is 16.8. The normalized spacial score (nSPS) is 17.4. The Morgan fingerprint density at radius 3 is 1.53 bits per heavy atom. The zero-order chi connectivity index (χ0) is 61.8. The predicted octanol–water partition coefficient (Wildman–Crippen LogP) is 18.3. The van der Waals surface area contributed by atoms with E-state index in [0.717, 1.165) is 83.5 Å². The standard InChI is InChI=1S/C68H106F2NO14P/c1-4-7-10-13-16-19-22-25-28-40-50-68(69,70)66(74)71-62-64(78-52-49-57(44-35-27-24-21-18-15-12-9-6-3)77-51-41-29-26-23-20-17-14-11-8-5-2)63(85-86(76,83-58-45-36-31-37-46-58)84-59-47-38-32-39-48-59)60(82-65(62)79-55-61(72)73)54-81-67(75)80-53-56-42-33-30-34-43-56/h30-34,36-39,42-43,45-48,57,60,62-65H,4-29,35,40-41,44,49-55H2,1-3H3,(H,71,74)(H,72,73)/t57-,60-,62-,63-,64-,65+/m1/s1. The Kier molecular flexibility index (Phi) is 39.1. The van der Waals surface area contributed by atoms with Gasteiger partial charge in [-0.05, 0) is 55.5 Å². The van der Waals surface area contributed by atoms with Gasteiger partial charge in [0, 0.05) is 19.6 Å². The highest BCUT2D eigenvalue weighted by Gasteiger charge is 2.55. The van der Waals surface area contributed by atoms with Crippen LogP contribution in [0.1, 0.15) is 232 Å². The van der Waals surface area contributed by atoms with Crippen LogP contribution in [0.5, 0.6) is 11.5 Å². The molecule has 4 rings (SSSR count). The van der Waals surface area contributed by atoms with Crippen molar-refractivity contribution >= 4 is 25.9 Å². The van der Waals surface area contributed by atoms with Crippen LogP contribution in [0, 0.1) is 0 Å². The van der Waals surface area contributed by atoms with Gasteiger partial charge in [-0.25, -0.2) is 14.2 Å². The van der Waals surface area contributed by atoms with Gasteiger partial charge in [0.2, 0.25) is 0 Å². The summed E-state index contributed by atoms with van der Waals surface area (Å²) in [5, 5.41) is 12.4. The second-order valence-corrected chi connectivity index (χ2v) is 24.4. The Morgan fingerprint density at radius 1 is 0.570 bits per heavy atom. The number of hydrogen-bond donors (Lipinski definition) is 2. The topological polar surface area (TPSA) is 184 Å². The number of rotatable bonds is 52. The van der Waals surface area contributed by atoms with Crippen LogP contribution in [0.15, 0.2) is 91.0 Å². The number of nitrogens with one attached hydrogen (secondary N) is 1. The molecule has 0 radical (unpaired) electrons. The van der Waals surface area contributed by atoms with Crippen LogP contribution in [0.25, 0.3) is 0 Å². The van der Waals surface area contributed by atoms with Gasteiger partial charge in [0.1, 0.15) is 55.7 Å². The molecule has 3 aromatic carbocycles. The van der Waals surface area contributed by atoms with E-state index in [-0.39, 0.29) is 37.2 Å². The number of amides is 1. The summed E-state index contributed by atoms with van der Waals surface area (Å²) in [6, 6.07) is 23.2. The highest BCUT2D eigenvalue weighted by molar-refractivity contribution is 7.49. The van der Waals surface area contributed by atoms with Gasteiger partial charge in [-0.3, -0.25) is 9.32 Å². The molecule has 3 aromatic rings. The zero-order valence-electron chi connectivity index (χ0n) is 52.2. The van der Waals surface area contributed by atoms with Gasteiger partial charge < -0.3 is 47.9 Å².